The van der Waals surface area contributed by atoms with Gasteiger partial charge in [-0.05, 0) is 13.0 Å². The second-order valence-corrected chi connectivity index (χ2v) is 2.83. The van der Waals surface area contributed by atoms with Gasteiger partial charge in [0.2, 0.25) is 5.95 Å². The van der Waals surface area contributed by atoms with Gasteiger partial charge in [0.1, 0.15) is 5.78 Å². The zero-order valence-electron chi connectivity index (χ0n) is 7.40. The van der Waals surface area contributed by atoms with Crippen LogP contribution in [0.15, 0.2) is 12.3 Å². The third-order valence-electron chi connectivity index (χ3n) is 1.68. The lowest BCUT2D eigenvalue weighted by Gasteiger charge is -2.06. The Balaban J connectivity index is 2.69. The molecule has 13 heavy (non-hydrogen) atoms. The fourth-order valence-electron chi connectivity index (χ4n) is 0.896. The van der Waals surface area contributed by atoms with Gasteiger partial charge < -0.3 is 11.5 Å². The number of hydrogen-bond acceptors (Lipinski definition) is 5. The fraction of sp³-hybridized carbons (Fsp3) is 0.375. The molecule has 0 aliphatic rings. The van der Waals surface area contributed by atoms with E-state index in [1.54, 1.807) is 12.3 Å². The molecule has 0 unspecified atom stereocenters. The third-order valence-corrected chi connectivity index (χ3v) is 1.68. The number of nitrogens with zero attached hydrogens (tertiary/aromatic N) is 2. The number of nitrogens with two attached hydrogens (primary N) is 2. The summed E-state index contributed by atoms with van der Waals surface area (Å²) in [6.07, 6.45) is 1.95. The van der Waals surface area contributed by atoms with Crippen molar-refractivity contribution in [2.75, 3.05) is 5.73 Å². The molecule has 0 saturated carbocycles. The number of carbonyl (C=O) groups is 1. The molecule has 1 aromatic rings. The van der Waals surface area contributed by atoms with E-state index in [2.05, 4.69) is 9.97 Å². The minimum absolute atomic E-state index is 0.0582. The second kappa shape index (κ2) is 3.95. The predicted octanol–water partition coefficient (Wildman–Crippen LogP) is -0.482. The highest BCUT2D eigenvalue weighted by atomic mass is 16.1. The first kappa shape index (κ1) is 9.60. The van der Waals surface area contributed by atoms with Crippen molar-refractivity contribution in [1.29, 1.82) is 0 Å². The zero-order chi connectivity index (χ0) is 9.84. The number of rotatable bonds is 3. The topological polar surface area (TPSA) is 94.9 Å². The quantitative estimate of drug-likeness (QED) is 0.655. The van der Waals surface area contributed by atoms with Gasteiger partial charge in [-0.1, -0.05) is 0 Å². The first-order valence-corrected chi connectivity index (χ1v) is 3.93. The van der Waals surface area contributed by atoms with Crippen LogP contribution < -0.4 is 11.5 Å². The molecule has 5 heteroatoms. The van der Waals surface area contributed by atoms with E-state index < -0.39 is 6.04 Å². The molecule has 0 saturated heterocycles. The van der Waals surface area contributed by atoms with Crippen LogP contribution in [-0.4, -0.2) is 21.8 Å². The Labute approximate surface area is 76.2 Å². The van der Waals surface area contributed by atoms with Gasteiger partial charge in [0, 0.05) is 18.3 Å². The SMILES string of the molecule is CC(=O)[C@@H](N)Cc1ccnc(N)n1. The Hall–Kier alpha value is -1.49. The minimum Gasteiger partial charge on any atom is -0.368 e. The fourth-order valence-corrected chi connectivity index (χ4v) is 0.896. The minimum atomic E-state index is -0.505. The van der Waals surface area contributed by atoms with E-state index in [4.69, 9.17) is 11.5 Å². The van der Waals surface area contributed by atoms with Crippen LogP contribution >= 0.6 is 0 Å². The lowest BCUT2D eigenvalue weighted by molar-refractivity contribution is -0.118. The molecule has 0 bridgehead atoms. The number of anilines is 1. The molecule has 0 radical (unpaired) electrons. The number of ketones is 1. The van der Waals surface area contributed by atoms with Crippen LogP contribution in [0.1, 0.15) is 12.6 Å². The lowest BCUT2D eigenvalue weighted by atomic mass is 10.1. The van der Waals surface area contributed by atoms with Crippen LogP contribution in [0.5, 0.6) is 0 Å². The van der Waals surface area contributed by atoms with Gasteiger partial charge in [0.25, 0.3) is 0 Å². The van der Waals surface area contributed by atoms with E-state index in [1.165, 1.54) is 6.92 Å². The van der Waals surface area contributed by atoms with Crippen LogP contribution in [0.4, 0.5) is 5.95 Å². The number of hydrogen-bond donors (Lipinski definition) is 2. The number of nitrogen functional groups attached to an aromatic ring is 1. The maximum atomic E-state index is 10.8. The Bertz CT molecular complexity index is 313. The van der Waals surface area contributed by atoms with Gasteiger partial charge in [-0.2, -0.15) is 0 Å². The first-order chi connectivity index (χ1) is 6.09. The summed E-state index contributed by atoms with van der Waals surface area (Å²) in [4.78, 5) is 18.5. The van der Waals surface area contributed by atoms with E-state index in [0.29, 0.717) is 12.1 Å². The van der Waals surface area contributed by atoms with E-state index in [-0.39, 0.29) is 11.7 Å². The molecule has 5 nitrogen and oxygen atoms in total. The van der Waals surface area contributed by atoms with Gasteiger partial charge in [0.15, 0.2) is 0 Å². The molecular formula is C8H12N4O. The number of aromatic nitrogens is 2. The van der Waals surface area contributed by atoms with Gasteiger partial charge in [-0.15, -0.1) is 0 Å². The molecule has 70 valence electrons. The van der Waals surface area contributed by atoms with Gasteiger partial charge in [-0.3, -0.25) is 4.79 Å². The summed E-state index contributed by atoms with van der Waals surface area (Å²) in [6.45, 7) is 1.45. The Morgan fingerprint density at radius 1 is 1.69 bits per heavy atom. The van der Waals surface area contributed by atoms with Gasteiger partial charge in [0.05, 0.1) is 6.04 Å². The highest BCUT2D eigenvalue weighted by Gasteiger charge is 2.09. The van der Waals surface area contributed by atoms with E-state index >= 15 is 0 Å². The first-order valence-electron chi connectivity index (χ1n) is 3.93. The summed E-state index contributed by atoms with van der Waals surface area (Å²) in [6, 6.07) is 1.19. The highest BCUT2D eigenvalue weighted by Crippen LogP contribution is 2.00. The van der Waals surface area contributed by atoms with Gasteiger partial charge in [-0.25, -0.2) is 9.97 Å². The van der Waals surface area contributed by atoms with E-state index in [1.807, 2.05) is 0 Å². The van der Waals surface area contributed by atoms with Crippen molar-refractivity contribution in [2.45, 2.75) is 19.4 Å². The molecule has 1 aromatic heterocycles. The molecule has 0 spiro atoms. The predicted molar refractivity (Wildman–Crippen MR) is 48.8 cm³/mol. The van der Waals surface area contributed by atoms with Crippen molar-refractivity contribution >= 4 is 11.7 Å². The third kappa shape index (κ3) is 2.79. The monoisotopic (exact) mass is 180 g/mol. The normalized spacial score (nSPS) is 12.5. The number of Topliss-reactive ketones (excluding diaryl/α,β-unsaturated/α-hetero) is 1. The second-order valence-electron chi connectivity index (χ2n) is 2.83. The van der Waals surface area contributed by atoms with Crippen molar-refractivity contribution in [1.82, 2.24) is 9.97 Å². The van der Waals surface area contributed by atoms with E-state index in [9.17, 15) is 4.79 Å². The van der Waals surface area contributed by atoms with Crippen LogP contribution in [0.3, 0.4) is 0 Å². The largest absolute Gasteiger partial charge is 0.368 e. The van der Waals surface area contributed by atoms with Crippen molar-refractivity contribution in [3.8, 4) is 0 Å². The molecule has 0 aromatic carbocycles. The summed E-state index contributed by atoms with van der Waals surface area (Å²) >= 11 is 0. The lowest BCUT2D eigenvalue weighted by Crippen LogP contribution is -2.30. The van der Waals surface area contributed by atoms with Crippen LogP contribution in [0.2, 0.25) is 0 Å². The maximum absolute atomic E-state index is 10.8. The molecule has 0 fully saturated rings. The van der Waals surface area contributed by atoms with Crippen molar-refractivity contribution < 1.29 is 4.79 Å². The van der Waals surface area contributed by atoms with E-state index in [0.717, 1.165) is 0 Å². The zero-order valence-corrected chi connectivity index (χ0v) is 7.40. The Morgan fingerprint density at radius 2 is 2.38 bits per heavy atom. The molecule has 1 rings (SSSR count). The molecule has 4 N–H and O–H groups in total. The summed E-state index contributed by atoms with van der Waals surface area (Å²) < 4.78 is 0. The summed E-state index contributed by atoms with van der Waals surface area (Å²) in [7, 11) is 0. The van der Waals surface area contributed by atoms with Crippen LogP contribution in [0.25, 0.3) is 0 Å². The van der Waals surface area contributed by atoms with Crippen LogP contribution in [0, 0.1) is 0 Å². The van der Waals surface area contributed by atoms with Crippen molar-refractivity contribution in [3.63, 3.8) is 0 Å². The summed E-state index contributed by atoms with van der Waals surface area (Å²) in [5, 5.41) is 0. The smallest absolute Gasteiger partial charge is 0.220 e. The van der Waals surface area contributed by atoms with Crippen molar-refractivity contribution in [2.24, 2.45) is 5.73 Å². The molecule has 0 aliphatic heterocycles. The van der Waals surface area contributed by atoms with Gasteiger partial charge >= 0.3 is 0 Å². The summed E-state index contributed by atoms with van der Waals surface area (Å²) in [5.41, 5.74) is 11.6. The maximum Gasteiger partial charge on any atom is 0.220 e. The molecule has 0 aliphatic carbocycles. The van der Waals surface area contributed by atoms with Crippen LogP contribution in [-0.2, 0) is 11.2 Å². The number of carbonyl (C=O) groups excluding carboxylic acids is 1. The molecule has 1 atom stereocenters. The average molecular weight is 180 g/mol. The highest BCUT2D eigenvalue weighted by molar-refractivity contribution is 5.81. The molecular weight excluding hydrogens is 168 g/mol. The molecule has 1 heterocycles. The summed E-state index contributed by atoms with van der Waals surface area (Å²) in [5.74, 6) is 0.144. The standard InChI is InChI=1S/C8H12N4O/c1-5(13)7(9)4-6-2-3-11-8(10)12-6/h2-3,7H,4,9H2,1H3,(H2,10,11,12)/t7-/m0/s1. The average Bonchev–Trinajstić information content (AvgIpc) is 2.04. The van der Waals surface area contributed by atoms with Crippen molar-refractivity contribution in [3.05, 3.63) is 18.0 Å². The Kier molecular flexibility index (Phi) is 2.92. The molecule has 0 amide bonds. The Morgan fingerprint density at radius 3 is 2.92 bits per heavy atom.